The van der Waals surface area contributed by atoms with Crippen molar-refractivity contribution >= 4 is 98.6 Å². The minimum Gasteiger partial charge on any atom is -0.544 e. The molecule has 0 aliphatic carbocycles. The van der Waals surface area contributed by atoms with Crippen LogP contribution in [0.15, 0.2) is 29.4 Å². The highest BCUT2D eigenvalue weighted by molar-refractivity contribution is 6.76. The normalized spacial score (nSPS) is 26.3. The first kappa shape index (κ1) is 85.2. The molecule has 3 saturated heterocycles. The standard InChI is InChI=1S/C70H133BN8O13Si6/c1-45-42-79-57(58(45)92-98(32,33)70(19,20)21)62(83)77-72-39-38-51(76-71-44-86-71)59(80)73-54(46(2)87-93(22,23)65(4,5)6)63(84)78-43-50(90-96(28,29)68(13,14)15)41-52(78)60(81)75-56(61(82)74-55(64(79)85)47(3)88-94(24,25)66(7,8)9)53(91-97(30,31)69(16,17)18)40-48-34-36-49(37-35-48)89-95(26,27)67(10,11)12/h34-37,39,45-47,50-58,76H,38,40-44H2,1-33H3,(H,73,80)(H,74,82)(H,75,81)(H,77,83)/b72-39+/t45-,46?,47?,50+,51-,52-,53+,54-,55-,56-,57-,58-/m0/s1. The van der Waals surface area contributed by atoms with Crippen molar-refractivity contribution in [3.8, 4) is 5.75 Å². The number of hydrazone groups is 1. The van der Waals surface area contributed by atoms with E-state index in [-0.39, 0.29) is 63.5 Å². The molecule has 5 N–H and O–H groups in total. The summed E-state index contributed by atoms with van der Waals surface area (Å²) in [4.78, 5) is 99.2. The molecule has 98 heavy (non-hydrogen) atoms. The fourth-order valence-corrected chi connectivity index (χ4v) is 18.9. The number of nitrogens with zero attached hydrogens (tertiary/aromatic N) is 3. The average molecular weight is 1470 g/mol. The second-order valence-electron chi connectivity index (χ2n) is 37.8. The summed E-state index contributed by atoms with van der Waals surface area (Å²) >= 11 is 0. The predicted octanol–water partition coefficient (Wildman–Crippen LogP) is 12.0. The first-order chi connectivity index (χ1) is 44.1. The molecule has 4 aliphatic rings. The van der Waals surface area contributed by atoms with E-state index in [1.807, 2.05) is 31.2 Å². The summed E-state index contributed by atoms with van der Waals surface area (Å²) in [6, 6.07) is -0.111. The summed E-state index contributed by atoms with van der Waals surface area (Å²) in [6.07, 6.45) is -2.96. The minimum atomic E-state index is -2.94. The third kappa shape index (κ3) is 20.9. The van der Waals surface area contributed by atoms with E-state index in [0.717, 1.165) is 5.56 Å². The Balaban J connectivity index is 1.89. The van der Waals surface area contributed by atoms with Crippen molar-refractivity contribution in [2.24, 2.45) is 11.0 Å². The SMILES string of the molecule is CC(O[Si](C)(C)C(C)(C)C)[C@@H]1NC(=O)[C@H]([C@@H](Cc2ccc(O[Si](C)(C)C(C)(C)C)cc2)O[Si](C)(C)C(C)(C)C)NC(=O)[C@@H]2C[C@@H](O[Si](C)(C)C(C)(C)C)CN2C(=O)[C@H](C(C)O[Si](C)(C)C(C)(C)C)NC(=O)[C@@H](NB2CO2)C/C=N/NC(=O)[C@@H]2[C@@H](O[Si](C)(C)C(C)(C)C)[C@@H](C)CN2C1=O. The van der Waals surface area contributed by atoms with E-state index in [9.17, 15) is 0 Å². The average Bonchev–Trinajstić information content (AvgIpc) is 1.58. The van der Waals surface area contributed by atoms with Crippen molar-refractivity contribution in [3.63, 3.8) is 0 Å². The Morgan fingerprint density at radius 3 is 1.44 bits per heavy atom. The summed E-state index contributed by atoms with van der Waals surface area (Å²) in [5, 5.41) is 15.6. The molecule has 0 spiro atoms. The van der Waals surface area contributed by atoms with Crippen molar-refractivity contribution in [2.75, 3.05) is 19.6 Å². The summed E-state index contributed by atoms with van der Waals surface area (Å²) in [5.74, 6) is -3.47. The van der Waals surface area contributed by atoms with Crippen LogP contribution in [-0.4, -0.2) is 195 Å². The molecule has 4 aliphatic heterocycles. The van der Waals surface area contributed by atoms with E-state index in [1.54, 1.807) is 13.8 Å². The number of benzene rings is 1. The van der Waals surface area contributed by atoms with Gasteiger partial charge in [-0.05, 0) is 147 Å². The molecule has 1 aromatic carbocycles. The molecule has 0 radical (unpaired) electrons. The third-order valence-electron chi connectivity index (χ3n) is 23.6. The Kier molecular flexibility index (Phi) is 26.7. The van der Waals surface area contributed by atoms with Crippen molar-refractivity contribution < 1.29 is 60.0 Å². The van der Waals surface area contributed by atoms with Gasteiger partial charge in [-0.25, -0.2) is 5.43 Å². The highest BCUT2D eigenvalue weighted by Gasteiger charge is 2.56. The maximum atomic E-state index is 16.7. The van der Waals surface area contributed by atoms with E-state index in [2.05, 4.69) is 235 Å². The quantitative estimate of drug-likeness (QED) is 0.0639. The van der Waals surface area contributed by atoms with Gasteiger partial charge in [-0.1, -0.05) is 144 Å². The number of carbonyl (C=O) groups is 6. The molecule has 4 heterocycles. The number of amides is 6. The summed E-state index contributed by atoms with van der Waals surface area (Å²) in [5.41, 5.74) is 3.53. The zero-order valence-corrected chi connectivity index (χ0v) is 72.8. The maximum Gasteiger partial charge on any atom is 0.405 e. The number of hydrogen-bond acceptors (Lipinski definition) is 15. The highest BCUT2D eigenvalue weighted by Crippen LogP contribution is 2.45. The summed E-state index contributed by atoms with van der Waals surface area (Å²) < 4.78 is 48.5. The Bertz CT molecular complexity index is 3000. The van der Waals surface area contributed by atoms with Crippen LogP contribution in [-0.2, 0) is 62.0 Å². The molecule has 12 atom stereocenters. The van der Waals surface area contributed by atoms with Crippen LogP contribution in [0.1, 0.15) is 164 Å². The molecule has 0 bridgehead atoms. The maximum absolute atomic E-state index is 16.7. The van der Waals surface area contributed by atoms with Crippen LogP contribution < -0.4 is 31.0 Å². The van der Waals surface area contributed by atoms with Crippen LogP contribution in [0.2, 0.25) is 109 Å². The zero-order chi connectivity index (χ0) is 75.2. The molecule has 1 aromatic rings. The largest absolute Gasteiger partial charge is 0.544 e. The Hall–Kier alpha value is -3.40. The van der Waals surface area contributed by atoms with Gasteiger partial charge in [0.1, 0.15) is 36.0 Å². The van der Waals surface area contributed by atoms with E-state index >= 15 is 28.8 Å². The minimum absolute atomic E-state index is 0.0228. The number of hydrogen-bond donors (Lipinski definition) is 5. The molecule has 0 saturated carbocycles. The van der Waals surface area contributed by atoms with E-state index in [1.165, 1.54) is 16.0 Å². The number of nitrogens with one attached hydrogen (secondary N) is 5. The van der Waals surface area contributed by atoms with Crippen LogP contribution in [0.3, 0.4) is 0 Å². The van der Waals surface area contributed by atoms with Crippen molar-refractivity contribution in [2.45, 2.75) is 340 Å². The van der Waals surface area contributed by atoms with Gasteiger partial charge < -0.3 is 62.2 Å². The second-order valence-corrected chi connectivity index (χ2v) is 66.3. The van der Waals surface area contributed by atoms with Crippen LogP contribution in [0, 0.1) is 5.92 Å². The van der Waals surface area contributed by atoms with Gasteiger partial charge in [0.15, 0.2) is 41.6 Å². The molecule has 5 rings (SSSR count). The molecule has 28 heteroatoms. The summed E-state index contributed by atoms with van der Waals surface area (Å²) in [6.45, 7) is 69.5. The van der Waals surface area contributed by atoms with Crippen LogP contribution in [0.4, 0.5) is 0 Å². The lowest BCUT2D eigenvalue weighted by Crippen LogP contribution is -2.66. The first-order valence-corrected chi connectivity index (χ1v) is 53.4. The van der Waals surface area contributed by atoms with Gasteiger partial charge in [-0.15, -0.1) is 0 Å². The molecular weight excluding hydrogens is 1340 g/mol. The highest BCUT2D eigenvalue weighted by atomic mass is 28.4. The van der Waals surface area contributed by atoms with E-state index < -0.39 is 164 Å². The fourth-order valence-electron chi connectivity index (χ4n) is 10.9. The van der Waals surface area contributed by atoms with Crippen LogP contribution in [0.5, 0.6) is 5.75 Å². The zero-order valence-electron chi connectivity index (χ0n) is 66.8. The molecular formula is C70H133BN8O13Si6. The number of fused-ring (bicyclic) bond motifs is 2. The van der Waals surface area contributed by atoms with Gasteiger partial charge in [-0.3, -0.25) is 28.8 Å². The lowest BCUT2D eigenvalue weighted by Gasteiger charge is -2.43. The third-order valence-corrected chi connectivity index (χ3v) is 50.6. The Morgan fingerprint density at radius 1 is 0.551 bits per heavy atom. The Labute approximate surface area is 598 Å². The smallest absolute Gasteiger partial charge is 0.405 e. The topological polar surface area (TPSA) is 249 Å². The van der Waals surface area contributed by atoms with Crippen LogP contribution in [0.25, 0.3) is 0 Å². The number of rotatable bonds is 19. The molecule has 0 aromatic heterocycles. The Morgan fingerprint density at radius 2 is 0.980 bits per heavy atom. The van der Waals surface area contributed by atoms with Gasteiger partial charge in [0.25, 0.3) is 5.91 Å². The fraction of sp³-hybridized carbons (Fsp3) is 0.814. The van der Waals surface area contributed by atoms with Gasteiger partial charge in [0.2, 0.25) is 37.9 Å². The predicted molar refractivity (Wildman–Crippen MR) is 410 cm³/mol. The molecule has 558 valence electrons. The lowest BCUT2D eigenvalue weighted by molar-refractivity contribution is -0.146. The molecule has 21 nitrogen and oxygen atoms in total. The summed E-state index contributed by atoms with van der Waals surface area (Å²) in [7, 11) is -16.5. The number of carbonyl (C=O) groups excluding carboxylic acids is 6. The second kappa shape index (κ2) is 30.7. The monoisotopic (exact) mass is 1470 g/mol. The van der Waals surface area contributed by atoms with E-state index in [4.69, 9.17) is 31.2 Å². The first-order valence-electron chi connectivity index (χ1n) is 35.9. The van der Waals surface area contributed by atoms with Crippen molar-refractivity contribution in [1.82, 2.24) is 36.4 Å². The van der Waals surface area contributed by atoms with Crippen molar-refractivity contribution in [3.05, 3.63) is 29.8 Å². The van der Waals surface area contributed by atoms with Gasteiger partial charge in [-0.2, -0.15) is 5.10 Å². The van der Waals surface area contributed by atoms with E-state index in [0.29, 0.717) is 12.3 Å². The van der Waals surface area contributed by atoms with Gasteiger partial charge >= 0.3 is 7.05 Å². The lowest BCUT2D eigenvalue weighted by atomic mass is 9.93. The van der Waals surface area contributed by atoms with Gasteiger partial charge in [0, 0.05) is 38.1 Å². The molecule has 3 fully saturated rings. The molecule has 6 amide bonds. The van der Waals surface area contributed by atoms with Crippen LogP contribution >= 0.6 is 0 Å². The molecule has 2 unspecified atom stereocenters. The van der Waals surface area contributed by atoms with Crippen molar-refractivity contribution in [1.29, 1.82) is 0 Å². The van der Waals surface area contributed by atoms with Gasteiger partial charge in [0.05, 0.1) is 43.1 Å².